The van der Waals surface area contributed by atoms with Crippen molar-refractivity contribution in [3.8, 4) is 0 Å². The van der Waals surface area contributed by atoms with Gasteiger partial charge in [-0.3, -0.25) is 0 Å². The maximum atomic E-state index is 4.58. The molecule has 0 aliphatic heterocycles. The molecule has 0 bridgehead atoms. The van der Waals surface area contributed by atoms with Crippen molar-refractivity contribution < 1.29 is 0 Å². The van der Waals surface area contributed by atoms with Gasteiger partial charge in [-0.2, -0.15) is 12.6 Å². The van der Waals surface area contributed by atoms with Crippen molar-refractivity contribution >= 4 is 25.0 Å². The van der Waals surface area contributed by atoms with Crippen LogP contribution in [0, 0.1) is 0 Å². The third-order valence-corrected chi connectivity index (χ3v) is 2.80. The summed E-state index contributed by atoms with van der Waals surface area (Å²) in [6.45, 7) is 4.51. The van der Waals surface area contributed by atoms with Gasteiger partial charge in [0, 0.05) is 5.25 Å². The highest BCUT2D eigenvalue weighted by molar-refractivity contribution is 7.80. The Morgan fingerprint density at radius 2 is 1.23 bits per heavy atom. The van der Waals surface area contributed by atoms with E-state index in [1.54, 1.807) is 0 Å². The van der Waals surface area contributed by atoms with Gasteiger partial charge in [0.25, 0.3) is 0 Å². The van der Waals surface area contributed by atoms with Crippen LogP contribution < -0.4 is 0 Å². The second-order valence-electron chi connectivity index (χ2n) is 3.65. The van der Waals surface area contributed by atoms with Crippen molar-refractivity contribution in [3.63, 3.8) is 0 Å². The summed E-state index contributed by atoms with van der Waals surface area (Å²) in [7, 11) is 0. The zero-order valence-electron chi connectivity index (χ0n) is 9.09. The van der Waals surface area contributed by atoms with Crippen LogP contribution in [0.2, 0.25) is 0 Å². The Morgan fingerprint density at radius 1 is 0.846 bits per heavy atom. The highest BCUT2D eigenvalue weighted by Gasteiger charge is 2.01. The van der Waals surface area contributed by atoms with Gasteiger partial charge in [-0.1, -0.05) is 52.4 Å². The van der Waals surface area contributed by atoms with E-state index in [4.69, 9.17) is 0 Å². The van der Waals surface area contributed by atoms with Gasteiger partial charge in [-0.05, 0) is 12.8 Å². The Morgan fingerprint density at radius 3 is 1.54 bits per heavy atom. The minimum absolute atomic E-state index is 0. The monoisotopic (exact) mass is 224 g/mol. The van der Waals surface area contributed by atoms with Crippen molar-refractivity contribution in [1.82, 2.24) is 0 Å². The number of unbranched alkanes of at least 4 members (excludes halogenated alkanes) is 4. The predicted molar refractivity (Wildman–Crippen MR) is 68.3 cm³/mol. The van der Waals surface area contributed by atoms with E-state index in [1.807, 2.05) is 0 Å². The van der Waals surface area contributed by atoms with E-state index in [-0.39, 0.29) is 12.4 Å². The Labute approximate surface area is 95.7 Å². The number of thiol groups is 1. The van der Waals surface area contributed by atoms with Crippen LogP contribution in [0.15, 0.2) is 0 Å². The van der Waals surface area contributed by atoms with Crippen LogP contribution in [0.25, 0.3) is 0 Å². The summed E-state index contributed by atoms with van der Waals surface area (Å²) in [6.07, 6.45) is 10.8. The molecule has 0 heterocycles. The SMILES string of the molecule is CCCCCC(S)CCCCC.Cl. The predicted octanol–water partition coefficient (Wildman–Crippen LogP) is 4.87. The second-order valence-corrected chi connectivity index (χ2v) is 4.38. The van der Waals surface area contributed by atoms with Crippen molar-refractivity contribution in [2.45, 2.75) is 70.5 Å². The number of hydrogen-bond acceptors (Lipinski definition) is 1. The average Bonchev–Trinajstić information content (AvgIpc) is 2.06. The van der Waals surface area contributed by atoms with Crippen molar-refractivity contribution in [3.05, 3.63) is 0 Å². The molecule has 0 nitrogen and oxygen atoms in total. The molecule has 2 heteroatoms. The van der Waals surface area contributed by atoms with Gasteiger partial charge in [-0.25, -0.2) is 0 Å². The van der Waals surface area contributed by atoms with Crippen LogP contribution in [0.1, 0.15) is 65.2 Å². The fraction of sp³-hybridized carbons (Fsp3) is 1.00. The van der Waals surface area contributed by atoms with E-state index < -0.39 is 0 Å². The Kier molecular flexibility index (Phi) is 15.6. The van der Waals surface area contributed by atoms with E-state index >= 15 is 0 Å². The molecule has 0 saturated heterocycles. The molecule has 0 spiro atoms. The van der Waals surface area contributed by atoms with E-state index in [0.717, 1.165) is 0 Å². The third kappa shape index (κ3) is 12.6. The van der Waals surface area contributed by atoms with Gasteiger partial charge in [0.15, 0.2) is 0 Å². The summed E-state index contributed by atoms with van der Waals surface area (Å²) in [5.74, 6) is 0. The second kappa shape index (κ2) is 12.6. The Bertz CT molecular complexity index is 76.2. The molecule has 0 aromatic rings. The molecule has 0 saturated carbocycles. The minimum Gasteiger partial charge on any atom is -0.176 e. The summed E-state index contributed by atoms with van der Waals surface area (Å²) < 4.78 is 0. The molecule has 0 aliphatic rings. The van der Waals surface area contributed by atoms with Crippen molar-refractivity contribution in [1.29, 1.82) is 0 Å². The quantitative estimate of drug-likeness (QED) is 0.442. The first-order chi connectivity index (χ1) is 5.81. The molecule has 13 heavy (non-hydrogen) atoms. The molecule has 0 atom stereocenters. The standard InChI is InChI=1S/C11H24S.ClH/c1-3-5-7-9-11(12)10-8-6-4-2;/h11-12H,3-10H2,1-2H3;1H. The number of halogens is 1. The molecule has 0 aromatic heterocycles. The minimum atomic E-state index is 0. The highest BCUT2D eigenvalue weighted by Crippen LogP contribution is 2.15. The molecule has 0 aromatic carbocycles. The van der Waals surface area contributed by atoms with E-state index in [1.165, 1.54) is 51.4 Å². The molecule has 0 amide bonds. The largest absolute Gasteiger partial charge is 0.176 e. The van der Waals surface area contributed by atoms with Crippen LogP contribution in [0.5, 0.6) is 0 Å². The van der Waals surface area contributed by atoms with E-state index in [9.17, 15) is 0 Å². The van der Waals surface area contributed by atoms with Crippen LogP contribution in [-0.2, 0) is 0 Å². The van der Waals surface area contributed by atoms with E-state index in [0.29, 0.717) is 5.25 Å². The fourth-order valence-electron chi connectivity index (χ4n) is 1.40. The van der Waals surface area contributed by atoms with Crippen molar-refractivity contribution in [2.75, 3.05) is 0 Å². The summed E-state index contributed by atoms with van der Waals surface area (Å²) in [4.78, 5) is 0. The molecule has 82 valence electrons. The first kappa shape index (κ1) is 16.1. The molecule has 0 fully saturated rings. The van der Waals surface area contributed by atoms with Crippen LogP contribution in [0.4, 0.5) is 0 Å². The highest BCUT2D eigenvalue weighted by atomic mass is 35.5. The summed E-state index contributed by atoms with van der Waals surface area (Å²) in [6, 6.07) is 0. The van der Waals surface area contributed by atoms with Gasteiger partial charge in [0.05, 0.1) is 0 Å². The third-order valence-electron chi connectivity index (χ3n) is 2.28. The molecule has 0 radical (unpaired) electrons. The first-order valence-corrected chi connectivity index (χ1v) is 6.01. The normalized spacial score (nSPS) is 10.2. The molecule has 0 unspecified atom stereocenters. The Hall–Kier alpha value is 0.640. The maximum absolute atomic E-state index is 4.58. The summed E-state index contributed by atoms with van der Waals surface area (Å²) in [5.41, 5.74) is 0. The topological polar surface area (TPSA) is 0 Å². The zero-order valence-corrected chi connectivity index (χ0v) is 10.8. The van der Waals surface area contributed by atoms with Gasteiger partial charge in [0.2, 0.25) is 0 Å². The molecular formula is C11H25ClS. The van der Waals surface area contributed by atoms with Crippen LogP contribution in [0.3, 0.4) is 0 Å². The summed E-state index contributed by atoms with van der Waals surface area (Å²) in [5, 5.41) is 0.670. The van der Waals surface area contributed by atoms with Crippen LogP contribution >= 0.6 is 25.0 Å². The maximum Gasteiger partial charge on any atom is 0.00168 e. The van der Waals surface area contributed by atoms with E-state index in [2.05, 4.69) is 26.5 Å². The lowest BCUT2D eigenvalue weighted by molar-refractivity contribution is 0.586. The zero-order chi connectivity index (χ0) is 9.23. The van der Waals surface area contributed by atoms with Crippen LogP contribution in [-0.4, -0.2) is 5.25 Å². The van der Waals surface area contributed by atoms with Gasteiger partial charge in [-0.15, -0.1) is 12.4 Å². The average molecular weight is 225 g/mol. The van der Waals surface area contributed by atoms with Gasteiger partial charge >= 0.3 is 0 Å². The molecule has 0 N–H and O–H groups in total. The lowest BCUT2D eigenvalue weighted by atomic mass is 10.1. The lowest BCUT2D eigenvalue weighted by Gasteiger charge is -2.08. The molecular weight excluding hydrogens is 200 g/mol. The number of hydrogen-bond donors (Lipinski definition) is 1. The van der Waals surface area contributed by atoms with Crippen molar-refractivity contribution in [2.24, 2.45) is 0 Å². The van der Waals surface area contributed by atoms with Gasteiger partial charge in [0.1, 0.15) is 0 Å². The smallest absolute Gasteiger partial charge is 0.00168 e. The number of rotatable bonds is 8. The molecule has 0 rings (SSSR count). The summed E-state index contributed by atoms with van der Waals surface area (Å²) >= 11 is 4.58. The first-order valence-electron chi connectivity index (χ1n) is 5.49. The Balaban J connectivity index is 0. The van der Waals surface area contributed by atoms with Gasteiger partial charge < -0.3 is 0 Å². The molecule has 0 aliphatic carbocycles. The fourth-order valence-corrected chi connectivity index (χ4v) is 1.77. The lowest BCUT2D eigenvalue weighted by Crippen LogP contribution is -1.98.